The zero-order chi connectivity index (χ0) is 97.0. The normalized spacial score (nSPS) is 11.3. The van der Waals surface area contributed by atoms with Crippen molar-refractivity contribution in [1.82, 2.24) is 64.8 Å². The van der Waals surface area contributed by atoms with Crippen LogP contribution in [0.2, 0.25) is 0 Å². The molecule has 15 aromatic carbocycles. The molecule has 0 saturated carbocycles. The molecule has 0 amide bonds. The topological polar surface area (TPSA) is 168 Å². The van der Waals surface area contributed by atoms with Gasteiger partial charge in [0.25, 0.3) is 0 Å². The van der Waals surface area contributed by atoms with Gasteiger partial charge < -0.3 is 0 Å². The molecule has 12 heterocycles. The largest absolute Gasteiger partial charge is 0.264 e. The van der Waals surface area contributed by atoms with Crippen LogP contribution in [0.25, 0.3) is 267 Å². The fourth-order valence-electron chi connectivity index (χ4n) is 19.9. The number of hydrogen-bond acceptors (Lipinski definition) is 13. The third-order valence-electron chi connectivity index (χ3n) is 27.0. The summed E-state index contributed by atoms with van der Waals surface area (Å²) in [4.78, 5) is 63.4. The van der Waals surface area contributed by atoms with Crippen molar-refractivity contribution < 1.29 is 0 Å². The van der Waals surface area contributed by atoms with Crippen molar-refractivity contribution in [3.63, 3.8) is 0 Å². The summed E-state index contributed by atoms with van der Waals surface area (Å²) in [5.41, 5.74) is 36.2. The van der Waals surface area contributed by atoms with Crippen LogP contribution in [0.5, 0.6) is 0 Å². The minimum absolute atomic E-state index is 0.708. The van der Waals surface area contributed by atoms with E-state index < -0.39 is 0 Å². The Morgan fingerprint density at radius 3 is 0.836 bits per heavy atom. The van der Waals surface area contributed by atoms with Gasteiger partial charge in [0, 0.05) is 170 Å². The number of benzene rings is 15. The highest BCUT2D eigenvalue weighted by Crippen LogP contribution is 2.46. The van der Waals surface area contributed by atoms with E-state index in [0.717, 1.165) is 250 Å². The van der Waals surface area contributed by atoms with E-state index in [9.17, 15) is 0 Å². The quantitative estimate of drug-likeness (QED) is 0.0839. The number of fused-ring (bicyclic) bond motifs is 12. The van der Waals surface area contributed by atoms with Gasteiger partial charge in [-0.3, -0.25) is 24.9 Å². The molecule has 13 heteroatoms. The van der Waals surface area contributed by atoms with E-state index in [0.29, 0.717) is 5.82 Å². The first-order valence-corrected chi connectivity index (χ1v) is 48.7. The third kappa shape index (κ3) is 17.5. The van der Waals surface area contributed by atoms with Crippen molar-refractivity contribution in [1.29, 1.82) is 0 Å². The van der Waals surface area contributed by atoms with Gasteiger partial charge in [0.1, 0.15) is 0 Å². The molecular weight excluding hydrogens is 1780 g/mol. The molecule has 682 valence electrons. The SMILES string of the molecule is c1ccc(-c2cc(-c3ccc(-c4ccc5nc(-c6ccccc6)c6cccc(-c7cccnc7)c6c5c4)cc3)nc(-c3ccccc3)n2)cc1.c1ccc(-c2ccc3ccc4ccc(-c5ccc6nc(-c7ccccc7)c7cccc(-c8cccnc8)c7c6c5)nc4c3n2)cc1.c1ccc(-c2nc3ccc(-c4ccc(-c5cc(-c6ccccn6)nc(-c6ccccn6)c5)cc4)cc3c3c(-c4cccnc4)cccc23)cc1. The van der Waals surface area contributed by atoms with Crippen LogP contribution in [0.1, 0.15) is 0 Å². The van der Waals surface area contributed by atoms with Gasteiger partial charge in [0.15, 0.2) is 5.82 Å². The van der Waals surface area contributed by atoms with Crippen LogP contribution < -0.4 is 0 Å². The summed E-state index contributed by atoms with van der Waals surface area (Å²) in [5, 5.41) is 12.3. The molecule has 0 aliphatic carbocycles. The van der Waals surface area contributed by atoms with Gasteiger partial charge in [-0.15, -0.1) is 0 Å². The molecule has 27 aromatic rings. The molecule has 0 bridgehead atoms. The van der Waals surface area contributed by atoms with Crippen LogP contribution in [-0.2, 0) is 0 Å². The Morgan fingerprint density at radius 1 is 0.144 bits per heavy atom. The van der Waals surface area contributed by atoms with Gasteiger partial charge in [0.05, 0.1) is 90.2 Å². The van der Waals surface area contributed by atoms with Crippen LogP contribution in [0, 0.1) is 0 Å². The average molecular weight is 1870 g/mol. The number of hydrogen-bond donors (Lipinski definition) is 0. The van der Waals surface area contributed by atoms with E-state index in [1.54, 1.807) is 12.4 Å². The maximum absolute atomic E-state index is 5.25. The minimum Gasteiger partial charge on any atom is -0.264 e. The number of nitrogens with zero attached hydrogens (tertiary/aromatic N) is 13. The predicted octanol–water partition coefficient (Wildman–Crippen LogP) is 33.1. The van der Waals surface area contributed by atoms with Crippen molar-refractivity contribution in [3.05, 3.63) is 517 Å². The molecule has 0 atom stereocenters. The van der Waals surface area contributed by atoms with Crippen LogP contribution in [0.3, 0.4) is 0 Å². The molecule has 0 aliphatic rings. The molecule has 0 unspecified atom stereocenters. The van der Waals surface area contributed by atoms with E-state index in [-0.39, 0.29) is 0 Å². The second-order valence-corrected chi connectivity index (χ2v) is 36.0. The molecule has 13 nitrogen and oxygen atoms in total. The maximum atomic E-state index is 5.25. The highest BCUT2D eigenvalue weighted by molar-refractivity contribution is 6.21. The van der Waals surface area contributed by atoms with Crippen LogP contribution in [0.4, 0.5) is 0 Å². The summed E-state index contributed by atoms with van der Waals surface area (Å²) in [6.45, 7) is 0. The first kappa shape index (κ1) is 87.6. The highest BCUT2D eigenvalue weighted by Gasteiger charge is 2.23. The van der Waals surface area contributed by atoms with Gasteiger partial charge in [-0.05, 0) is 159 Å². The zero-order valence-corrected chi connectivity index (χ0v) is 78.9. The van der Waals surface area contributed by atoms with Crippen molar-refractivity contribution in [2.24, 2.45) is 0 Å². The molecule has 27 rings (SSSR count). The predicted molar refractivity (Wildman–Crippen MR) is 598 cm³/mol. The molecule has 146 heavy (non-hydrogen) atoms. The number of pyridine rings is 11. The van der Waals surface area contributed by atoms with E-state index in [1.165, 1.54) is 10.8 Å². The molecule has 0 saturated heterocycles. The van der Waals surface area contributed by atoms with Crippen molar-refractivity contribution in [3.8, 4) is 180 Å². The van der Waals surface area contributed by atoms with Crippen molar-refractivity contribution in [2.45, 2.75) is 0 Å². The summed E-state index contributed by atoms with van der Waals surface area (Å²) in [5.74, 6) is 0.708. The zero-order valence-electron chi connectivity index (χ0n) is 78.9. The summed E-state index contributed by atoms with van der Waals surface area (Å²) in [6, 6.07) is 162. The Balaban J connectivity index is 0.000000114. The van der Waals surface area contributed by atoms with Gasteiger partial charge >= 0.3 is 0 Å². The number of aromatic nitrogens is 13. The Kier molecular flexibility index (Phi) is 23.4. The highest BCUT2D eigenvalue weighted by atomic mass is 14.9. The van der Waals surface area contributed by atoms with Crippen LogP contribution in [-0.4, -0.2) is 64.8 Å². The second-order valence-electron chi connectivity index (χ2n) is 36.0. The van der Waals surface area contributed by atoms with Gasteiger partial charge in [-0.2, -0.15) is 0 Å². The molecule has 0 aliphatic heterocycles. The minimum atomic E-state index is 0.708. The molecule has 0 fully saturated rings. The monoisotopic (exact) mass is 1860 g/mol. The smallest absolute Gasteiger partial charge is 0.160 e. The lowest BCUT2D eigenvalue weighted by atomic mass is 9.92. The maximum Gasteiger partial charge on any atom is 0.160 e. The fraction of sp³-hybridized carbons (Fsp3) is 0. The van der Waals surface area contributed by atoms with Crippen LogP contribution >= 0.6 is 0 Å². The van der Waals surface area contributed by atoms with E-state index in [2.05, 4.69) is 365 Å². The Hall–Kier alpha value is -19.9. The second kappa shape index (κ2) is 39.1. The van der Waals surface area contributed by atoms with E-state index >= 15 is 0 Å². The average Bonchev–Trinajstić information content (AvgIpc) is 0.742. The van der Waals surface area contributed by atoms with Crippen molar-refractivity contribution in [2.75, 3.05) is 0 Å². The van der Waals surface area contributed by atoms with Gasteiger partial charge in [0.2, 0.25) is 0 Å². The first-order chi connectivity index (χ1) is 72.4. The van der Waals surface area contributed by atoms with E-state index in [4.69, 9.17) is 39.9 Å². The Labute approximate surface area is 842 Å². The molecule has 0 radical (unpaired) electrons. The first-order valence-electron chi connectivity index (χ1n) is 48.7. The summed E-state index contributed by atoms with van der Waals surface area (Å²) in [7, 11) is 0. The molecular formula is C133H85N13. The standard InChI is InChI=1S/C46H30N4.C45H29N5.C42H26N4/c1-4-12-32(13-5-1)42-29-43(50-46(49-42)35-16-8-3-9-17-35)33-23-21-31(22-24-33)36-25-26-41-40(28-36)44-38(37-18-11-27-47-30-37)19-10-20-39(44)45(48-41)34-14-6-2-7-15-34;1-2-10-32(11-3-1)45-37-14-8-13-36(34-12-9-23-46-29-34)44(37)38-26-33(21-22-39(38)50-45)30-17-19-31(20-18-30)35-27-42(40-15-4-6-24-47-40)49-43(28-35)41-16-5-7-25-48-41;1-3-9-27(10-4-1)36-21-18-29-16-17-30-19-22-37(45-42(30)41(29)44-36)31-20-23-38-35(25-31)39-33(32-13-8-24-43-26-32)14-7-15-34(39)40(46-38)28-11-5-2-6-12-28/h1-30H;1-29H;1-26H. The third-order valence-corrected chi connectivity index (χ3v) is 27.0. The summed E-state index contributed by atoms with van der Waals surface area (Å²) < 4.78 is 0. The number of rotatable bonds is 16. The van der Waals surface area contributed by atoms with Gasteiger partial charge in [-0.1, -0.05) is 358 Å². The lowest BCUT2D eigenvalue weighted by molar-refractivity contribution is 1.18. The Morgan fingerprint density at radius 2 is 0.459 bits per heavy atom. The summed E-state index contributed by atoms with van der Waals surface area (Å²) >= 11 is 0. The summed E-state index contributed by atoms with van der Waals surface area (Å²) in [6.07, 6.45) is 14.8. The fourth-order valence-corrected chi connectivity index (χ4v) is 19.9. The van der Waals surface area contributed by atoms with Crippen LogP contribution in [0.15, 0.2) is 517 Å². The molecule has 12 aromatic heterocycles. The van der Waals surface area contributed by atoms with Gasteiger partial charge in [-0.25, -0.2) is 39.9 Å². The van der Waals surface area contributed by atoms with Crippen molar-refractivity contribution >= 4 is 86.8 Å². The molecule has 0 N–H and O–H groups in total. The molecule has 0 spiro atoms. The lowest BCUT2D eigenvalue weighted by Gasteiger charge is -2.15. The Bertz CT molecular complexity index is 9040. The van der Waals surface area contributed by atoms with E-state index in [1.807, 2.05) is 165 Å². The lowest BCUT2D eigenvalue weighted by Crippen LogP contribution is -1.95.